The summed E-state index contributed by atoms with van der Waals surface area (Å²) in [6.07, 6.45) is 0. The fourth-order valence-corrected chi connectivity index (χ4v) is 3.29. The van der Waals surface area contributed by atoms with Gasteiger partial charge in [0.1, 0.15) is 18.1 Å². The van der Waals surface area contributed by atoms with E-state index in [0.29, 0.717) is 17.1 Å². The molecule has 0 bridgehead atoms. The van der Waals surface area contributed by atoms with Crippen LogP contribution in [-0.2, 0) is 15.3 Å². The van der Waals surface area contributed by atoms with Gasteiger partial charge in [0.05, 0.1) is 25.2 Å². The van der Waals surface area contributed by atoms with E-state index in [-0.39, 0.29) is 18.9 Å². The zero-order chi connectivity index (χ0) is 27.5. The van der Waals surface area contributed by atoms with Crippen molar-refractivity contribution >= 4 is 5.78 Å². The Bertz CT molecular complexity index is 937. The maximum Gasteiger partial charge on any atom is 0.260 e. The number of aliphatic hydroxyl groups is 6. The number of hydrogen-bond donors (Lipinski definition) is 6. The molecule has 0 heterocycles. The second-order valence-electron chi connectivity index (χ2n) is 8.71. The third-order valence-electron chi connectivity index (χ3n) is 6.18. The van der Waals surface area contributed by atoms with Crippen molar-refractivity contribution in [1.29, 1.82) is 0 Å². The Morgan fingerprint density at radius 3 is 1.62 bits per heavy atom. The van der Waals surface area contributed by atoms with E-state index in [4.69, 9.17) is 18.9 Å². The molecule has 2 aromatic rings. The molecule has 0 amide bonds. The Kier molecular flexibility index (Phi) is 11.4. The van der Waals surface area contributed by atoms with Gasteiger partial charge in [-0.05, 0) is 48.5 Å². The number of carbonyl (C=O) groups excluding carboxylic acids is 1. The average molecular weight is 527 g/mol. The highest BCUT2D eigenvalue weighted by atomic mass is 16.7. The monoisotopic (exact) mass is 526 g/mol. The molecule has 0 aromatic heterocycles. The molecule has 6 N–H and O–H groups in total. The van der Waals surface area contributed by atoms with Crippen molar-refractivity contribution in [3.05, 3.63) is 59.7 Å². The molecular formula is C25H36NO11+. The number of methoxy groups -OCH3 is 2. The van der Waals surface area contributed by atoms with Crippen LogP contribution in [0.15, 0.2) is 48.5 Å². The highest BCUT2D eigenvalue weighted by molar-refractivity contribution is 6.02. The predicted octanol–water partition coefficient (Wildman–Crippen LogP) is -0.640. The van der Waals surface area contributed by atoms with Gasteiger partial charge >= 0.3 is 0 Å². The summed E-state index contributed by atoms with van der Waals surface area (Å²) in [5.41, 5.74) is -0.562. The second kappa shape index (κ2) is 13.8. The standard InChI is InChI=1S/C25H36NO11/c1-34-25(35-2,20-5-9-21(10-6-20)36-14-24(11-27,12-28)13-29)23(33)19-3-7-22(8-4-19)37-18-26(15-30,16-31)17-32/h3-10,27-32H,11-18H2,1-2H3/q+1. The molecule has 0 aliphatic heterocycles. The van der Waals surface area contributed by atoms with Gasteiger partial charge in [-0.15, -0.1) is 0 Å². The lowest BCUT2D eigenvalue weighted by Gasteiger charge is -2.31. The number of ketones is 1. The van der Waals surface area contributed by atoms with Crippen LogP contribution in [-0.4, -0.2) is 108 Å². The predicted molar refractivity (Wildman–Crippen MR) is 129 cm³/mol. The zero-order valence-corrected chi connectivity index (χ0v) is 20.9. The van der Waals surface area contributed by atoms with E-state index in [9.17, 15) is 35.4 Å². The third kappa shape index (κ3) is 6.82. The van der Waals surface area contributed by atoms with E-state index < -0.39 is 61.5 Å². The first-order chi connectivity index (χ1) is 17.8. The molecule has 0 spiro atoms. The molecule has 12 nitrogen and oxygen atoms in total. The largest absolute Gasteiger partial charge is 0.493 e. The lowest BCUT2D eigenvalue weighted by atomic mass is 9.92. The summed E-state index contributed by atoms with van der Waals surface area (Å²) in [5, 5.41) is 56.5. The van der Waals surface area contributed by atoms with Crippen LogP contribution in [0.5, 0.6) is 11.5 Å². The normalized spacial score (nSPS) is 12.4. The van der Waals surface area contributed by atoms with Gasteiger partial charge in [-0.2, -0.15) is 0 Å². The molecule has 0 radical (unpaired) electrons. The number of rotatable bonds is 17. The molecule has 206 valence electrons. The Morgan fingerprint density at radius 1 is 0.730 bits per heavy atom. The SMILES string of the molecule is COC(OC)(C(=O)c1ccc(OC[N+](CO)(CO)CO)cc1)c1ccc(OCC(CO)(CO)CO)cc1. The van der Waals surface area contributed by atoms with E-state index in [1.54, 1.807) is 24.3 Å². The smallest absolute Gasteiger partial charge is 0.260 e. The van der Waals surface area contributed by atoms with Crippen LogP contribution < -0.4 is 9.47 Å². The number of nitrogens with zero attached hydrogens (tertiary/aromatic N) is 1. The summed E-state index contributed by atoms with van der Waals surface area (Å²) in [6, 6.07) is 12.3. The van der Waals surface area contributed by atoms with Crippen molar-refractivity contribution in [2.24, 2.45) is 5.41 Å². The Hall–Kier alpha value is -2.65. The molecule has 0 aliphatic rings. The fourth-order valence-electron chi connectivity index (χ4n) is 3.29. The van der Waals surface area contributed by atoms with Crippen LogP contribution in [0.3, 0.4) is 0 Å². The summed E-state index contributed by atoms with van der Waals surface area (Å²) in [4.78, 5) is 13.4. The van der Waals surface area contributed by atoms with E-state index >= 15 is 0 Å². The Balaban J connectivity index is 2.19. The van der Waals surface area contributed by atoms with Crippen LogP contribution >= 0.6 is 0 Å². The highest BCUT2D eigenvalue weighted by Gasteiger charge is 2.41. The Labute approximate surface area is 215 Å². The van der Waals surface area contributed by atoms with Gasteiger partial charge in [-0.3, -0.25) is 4.79 Å². The van der Waals surface area contributed by atoms with E-state index in [2.05, 4.69) is 0 Å². The molecule has 0 atom stereocenters. The van der Waals surface area contributed by atoms with Gasteiger partial charge in [0.2, 0.25) is 12.5 Å². The van der Waals surface area contributed by atoms with Crippen molar-refractivity contribution in [3.63, 3.8) is 0 Å². The summed E-state index contributed by atoms with van der Waals surface area (Å²) >= 11 is 0. The first-order valence-electron chi connectivity index (χ1n) is 11.4. The summed E-state index contributed by atoms with van der Waals surface area (Å²) < 4.78 is 21.7. The molecule has 2 rings (SSSR count). The summed E-state index contributed by atoms with van der Waals surface area (Å²) in [7, 11) is 2.66. The molecule has 0 aliphatic carbocycles. The van der Waals surface area contributed by atoms with E-state index in [0.717, 1.165) is 0 Å². The number of carbonyl (C=O) groups is 1. The molecule has 12 heteroatoms. The van der Waals surface area contributed by atoms with Crippen molar-refractivity contribution < 1.29 is 58.9 Å². The first-order valence-corrected chi connectivity index (χ1v) is 11.4. The van der Waals surface area contributed by atoms with Crippen molar-refractivity contribution in [1.82, 2.24) is 0 Å². The van der Waals surface area contributed by atoms with Crippen LogP contribution in [0.25, 0.3) is 0 Å². The molecule has 0 saturated carbocycles. The van der Waals surface area contributed by atoms with Gasteiger partial charge < -0.3 is 49.6 Å². The van der Waals surface area contributed by atoms with Crippen LogP contribution in [0.4, 0.5) is 0 Å². The maximum atomic E-state index is 13.4. The Morgan fingerprint density at radius 2 is 1.19 bits per heavy atom. The van der Waals surface area contributed by atoms with E-state index in [1.165, 1.54) is 38.5 Å². The number of ether oxygens (including phenoxy) is 4. The molecule has 0 fully saturated rings. The minimum absolute atomic E-state index is 0.127. The van der Waals surface area contributed by atoms with Crippen LogP contribution in [0.1, 0.15) is 15.9 Å². The number of Topliss-reactive ketones (excluding diaryl/α,β-unsaturated/α-hetero) is 1. The third-order valence-corrected chi connectivity index (χ3v) is 6.18. The van der Waals surface area contributed by atoms with Gasteiger partial charge in [-0.25, -0.2) is 4.48 Å². The second-order valence-corrected chi connectivity index (χ2v) is 8.71. The number of hydrogen-bond acceptors (Lipinski definition) is 11. The molecular weight excluding hydrogens is 490 g/mol. The zero-order valence-electron chi connectivity index (χ0n) is 20.9. The molecule has 0 saturated heterocycles. The van der Waals surface area contributed by atoms with Gasteiger partial charge in [0.15, 0.2) is 20.2 Å². The van der Waals surface area contributed by atoms with Crippen LogP contribution in [0, 0.1) is 5.41 Å². The lowest BCUT2D eigenvalue weighted by molar-refractivity contribution is -0.988. The van der Waals surface area contributed by atoms with E-state index in [1.807, 2.05) is 0 Å². The van der Waals surface area contributed by atoms with Crippen molar-refractivity contribution in [2.45, 2.75) is 5.79 Å². The van der Waals surface area contributed by atoms with Gasteiger partial charge in [0.25, 0.3) is 5.79 Å². The number of aliphatic hydroxyl groups excluding tert-OH is 6. The van der Waals surface area contributed by atoms with Gasteiger partial charge in [0, 0.05) is 25.3 Å². The van der Waals surface area contributed by atoms with Crippen LogP contribution in [0.2, 0.25) is 0 Å². The quantitative estimate of drug-likeness (QED) is 0.0878. The van der Waals surface area contributed by atoms with Crippen molar-refractivity contribution in [2.75, 3.05) is 67.6 Å². The highest BCUT2D eigenvalue weighted by Crippen LogP contribution is 2.32. The number of benzene rings is 2. The topological polar surface area (TPSA) is 175 Å². The average Bonchev–Trinajstić information content (AvgIpc) is 2.97. The minimum Gasteiger partial charge on any atom is -0.493 e. The van der Waals surface area contributed by atoms with Crippen molar-refractivity contribution in [3.8, 4) is 11.5 Å². The lowest BCUT2D eigenvalue weighted by Crippen LogP contribution is -2.52. The molecule has 37 heavy (non-hydrogen) atoms. The summed E-state index contributed by atoms with van der Waals surface area (Å²) in [6.45, 7) is -3.28. The maximum absolute atomic E-state index is 13.4. The van der Waals surface area contributed by atoms with Gasteiger partial charge in [-0.1, -0.05) is 0 Å². The summed E-state index contributed by atoms with van der Waals surface area (Å²) in [5.74, 6) is -1.55. The molecule has 0 unspecified atom stereocenters. The number of quaternary nitrogens is 1. The minimum atomic E-state index is -1.78. The first kappa shape index (κ1) is 30.6. The fraction of sp³-hybridized carbons (Fsp3) is 0.480. The molecule has 2 aromatic carbocycles.